The molecule has 1 N–H and O–H groups in total. The second-order valence-electron chi connectivity index (χ2n) is 2.89. The summed E-state index contributed by atoms with van der Waals surface area (Å²) in [4.78, 5) is 11.7. The van der Waals surface area contributed by atoms with E-state index in [0.717, 1.165) is 4.88 Å². The number of hydrogen-bond acceptors (Lipinski definition) is 3. The molecule has 0 spiro atoms. The second-order valence-corrected chi connectivity index (χ2v) is 5.80. The minimum Gasteiger partial charge on any atom is -0.480 e. The molecule has 0 saturated heterocycles. The Morgan fingerprint density at radius 2 is 2.43 bits per heavy atom. The van der Waals surface area contributed by atoms with Crippen LogP contribution in [-0.4, -0.2) is 26.3 Å². The highest BCUT2D eigenvalue weighted by atomic mass is 32.2. The van der Waals surface area contributed by atoms with E-state index in [4.69, 9.17) is 5.11 Å². The van der Waals surface area contributed by atoms with Gasteiger partial charge in [0.05, 0.1) is 0 Å². The van der Waals surface area contributed by atoms with E-state index in [2.05, 4.69) is 0 Å². The summed E-state index contributed by atoms with van der Waals surface area (Å²) in [6.45, 7) is 1.48. The minimum absolute atomic E-state index is 0.425. The van der Waals surface area contributed by atoms with Crippen LogP contribution in [0.4, 0.5) is 0 Å². The lowest BCUT2D eigenvalue weighted by Gasteiger charge is -2.04. The molecule has 14 heavy (non-hydrogen) atoms. The molecule has 1 rings (SSSR count). The minimum atomic E-state index is -1.27. The van der Waals surface area contributed by atoms with Gasteiger partial charge in [-0.2, -0.15) is 0 Å². The lowest BCUT2D eigenvalue weighted by Crippen LogP contribution is -2.24. The summed E-state index contributed by atoms with van der Waals surface area (Å²) in [5, 5.41) is 9.81. The molecule has 5 heteroatoms. The van der Waals surface area contributed by atoms with Crippen molar-refractivity contribution in [2.45, 2.75) is 18.6 Å². The van der Waals surface area contributed by atoms with Crippen LogP contribution in [0.3, 0.4) is 0 Å². The number of carbonyl (C=O) groups is 1. The molecular formula is C9H12O3S2. The van der Waals surface area contributed by atoms with E-state index in [9.17, 15) is 9.00 Å². The van der Waals surface area contributed by atoms with Crippen molar-refractivity contribution >= 4 is 28.1 Å². The predicted molar refractivity (Wildman–Crippen MR) is 58.1 cm³/mol. The van der Waals surface area contributed by atoms with Crippen LogP contribution in [-0.2, 0) is 22.0 Å². The molecule has 1 aromatic heterocycles. The molecule has 0 aliphatic heterocycles. The molecule has 3 nitrogen and oxygen atoms in total. The molecule has 0 aromatic carbocycles. The molecule has 2 unspecified atom stereocenters. The summed E-state index contributed by atoms with van der Waals surface area (Å²) in [5.74, 6) is -0.567. The molecule has 0 fully saturated rings. The zero-order valence-corrected chi connectivity index (χ0v) is 9.44. The molecule has 1 aromatic rings. The third kappa shape index (κ3) is 3.23. The molecule has 0 aliphatic rings. The number of carboxylic acids is 1. The highest BCUT2D eigenvalue weighted by Crippen LogP contribution is 2.10. The topological polar surface area (TPSA) is 54.4 Å². The van der Waals surface area contributed by atoms with Crippen LogP contribution in [0.15, 0.2) is 17.5 Å². The Hall–Kier alpha value is -0.680. The normalized spacial score (nSPS) is 14.9. The molecule has 1 heterocycles. The smallest absolute Gasteiger partial charge is 0.318 e. The van der Waals surface area contributed by atoms with Gasteiger partial charge in [-0.15, -0.1) is 11.3 Å². The fraction of sp³-hybridized carbons (Fsp3) is 0.444. The standard InChI is InChI=1S/C9H12O3S2/c1-7(9(10)11)14(12)6-4-8-3-2-5-13-8/h2-3,5,7H,4,6H2,1H3,(H,10,11). The Labute approximate surface area is 89.2 Å². The fourth-order valence-electron chi connectivity index (χ4n) is 0.945. The van der Waals surface area contributed by atoms with Crippen LogP contribution in [0.2, 0.25) is 0 Å². The first kappa shape index (κ1) is 11.4. The van der Waals surface area contributed by atoms with E-state index in [-0.39, 0.29) is 0 Å². The zero-order chi connectivity index (χ0) is 10.6. The maximum absolute atomic E-state index is 11.4. The van der Waals surface area contributed by atoms with Crippen LogP contribution in [0.5, 0.6) is 0 Å². The largest absolute Gasteiger partial charge is 0.480 e. The Morgan fingerprint density at radius 3 is 2.93 bits per heavy atom. The van der Waals surface area contributed by atoms with Gasteiger partial charge in [0.15, 0.2) is 0 Å². The van der Waals surface area contributed by atoms with Gasteiger partial charge in [0, 0.05) is 21.4 Å². The maximum Gasteiger partial charge on any atom is 0.318 e. The monoisotopic (exact) mass is 232 g/mol. The third-order valence-electron chi connectivity index (χ3n) is 1.87. The van der Waals surface area contributed by atoms with Gasteiger partial charge >= 0.3 is 5.97 Å². The maximum atomic E-state index is 11.4. The lowest BCUT2D eigenvalue weighted by atomic mass is 10.4. The highest BCUT2D eigenvalue weighted by molar-refractivity contribution is 7.86. The van der Waals surface area contributed by atoms with E-state index in [0.29, 0.717) is 12.2 Å². The molecule has 78 valence electrons. The van der Waals surface area contributed by atoms with Crippen molar-refractivity contribution in [1.82, 2.24) is 0 Å². The molecule has 0 radical (unpaired) electrons. The molecule has 2 atom stereocenters. The van der Waals surface area contributed by atoms with E-state index >= 15 is 0 Å². The SMILES string of the molecule is CC(C(=O)O)S(=O)CCc1cccs1. The van der Waals surface area contributed by atoms with Gasteiger partial charge in [0.25, 0.3) is 0 Å². The summed E-state index contributed by atoms with van der Waals surface area (Å²) in [5.41, 5.74) is 0. The van der Waals surface area contributed by atoms with E-state index in [1.807, 2.05) is 17.5 Å². The van der Waals surface area contributed by atoms with E-state index in [1.54, 1.807) is 11.3 Å². The number of aryl methyl sites for hydroxylation is 1. The van der Waals surface area contributed by atoms with Crippen LogP contribution in [0, 0.1) is 0 Å². The van der Waals surface area contributed by atoms with Crippen molar-refractivity contribution < 1.29 is 14.1 Å². The van der Waals surface area contributed by atoms with Crippen LogP contribution < -0.4 is 0 Å². The molecule has 0 amide bonds. The Balaban J connectivity index is 2.39. The van der Waals surface area contributed by atoms with E-state index < -0.39 is 22.0 Å². The second kappa shape index (κ2) is 5.26. The van der Waals surface area contributed by atoms with Crippen molar-refractivity contribution in [1.29, 1.82) is 0 Å². The third-order valence-corrected chi connectivity index (χ3v) is 4.40. The van der Waals surface area contributed by atoms with Crippen LogP contribution in [0.1, 0.15) is 11.8 Å². The van der Waals surface area contributed by atoms with Crippen LogP contribution in [0.25, 0.3) is 0 Å². The van der Waals surface area contributed by atoms with Crippen molar-refractivity contribution in [2.75, 3.05) is 5.75 Å². The first-order valence-corrected chi connectivity index (χ1v) is 6.50. The number of hydrogen-bond donors (Lipinski definition) is 1. The summed E-state index contributed by atoms with van der Waals surface area (Å²) < 4.78 is 11.4. The summed E-state index contributed by atoms with van der Waals surface area (Å²) in [7, 11) is -1.27. The summed E-state index contributed by atoms with van der Waals surface area (Å²) in [6, 6.07) is 3.90. The number of carboxylic acid groups (broad SMARTS) is 1. The Morgan fingerprint density at radius 1 is 1.71 bits per heavy atom. The van der Waals surface area contributed by atoms with Gasteiger partial charge in [-0.1, -0.05) is 6.07 Å². The van der Waals surface area contributed by atoms with Crippen molar-refractivity contribution in [3.8, 4) is 0 Å². The predicted octanol–water partition coefficient (Wildman–Crippen LogP) is 1.51. The van der Waals surface area contributed by atoms with E-state index in [1.165, 1.54) is 6.92 Å². The van der Waals surface area contributed by atoms with Gasteiger partial charge in [-0.05, 0) is 24.8 Å². The first-order valence-electron chi connectivity index (χ1n) is 4.23. The molecule has 0 saturated carbocycles. The lowest BCUT2D eigenvalue weighted by molar-refractivity contribution is -0.136. The number of aliphatic carboxylic acids is 1. The van der Waals surface area contributed by atoms with Crippen molar-refractivity contribution in [2.24, 2.45) is 0 Å². The van der Waals surface area contributed by atoms with Crippen molar-refractivity contribution in [3.63, 3.8) is 0 Å². The van der Waals surface area contributed by atoms with Gasteiger partial charge in [0.1, 0.15) is 5.25 Å². The first-order chi connectivity index (χ1) is 6.61. The molecular weight excluding hydrogens is 220 g/mol. The van der Waals surface area contributed by atoms with Gasteiger partial charge in [-0.25, -0.2) is 0 Å². The van der Waals surface area contributed by atoms with Crippen LogP contribution >= 0.6 is 11.3 Å². The van der Waals surface area contributed by atoms with Gasteiger partial charge in [0.2, 0.25) is 0 Å². The van der Waals surface area contributed by atoms with Crippen molar-refractivity contribution in [3.05, 3.63) is 22.4 Å². The highest BCUT2D eigenvalue weighted by Gasteiger charge is 2.18. The van der Waals surface area contributed by atoms with Gasteiger partial charge < -0.3 is 5.11 Å². The molecule has 0 bridgehead atoms. The zero-order valence-electron chi connectivity index (χ0n) is 7.80. The average Bonchev–Trinajstić information content (AvgIpc) is 2.65. The Bertz CT molecular complexity index is 319. The van der Waals surface area contributed by atoms with Gasteiger partial charge in [-0.3, -0.25) is 9.00 Å². The Kier molecular flexibility index (Phi) is 4.28. The number of thiophene rings is 1. The quantitative estimate of drug-likeness (QED) is 0.837. The number of rotatable bonds is 5. The molecule has 0 aliphatic carbocycles. The fourth-order valence-corrected chi connectivity index (χ4v) is 2.78. The summed E-state index contributed by atoms with van der Waals surface area (Å²) >= 11 is 1.60. The summed E-state index contributed by atoms with van der Waals surface area (Å²) in [6.07, 6.45) is 0.696. The average molecular weight is 232 g/mol.